The van der Waals surface area contributed by atoms with Crippen LogP contribution in [-0.4, -0.2) is 17.5 Å². The predicted molar refractivity (Wildman–Crippen MR) is 68.6 cm³/mol. The average Bonchev–Trinajstić information content (AvgIpc) is 2.70. The van der Waals surface area contributed by atoms with Crippen LogP contribution in [-0.2, 0) is 4.79 Å². The number of allylic oxidation sites excluding steroid dienone is 1. The van der Waals surface area contributed by atoms with Crippen LogP contribution in [0.5, 0.6) is 0 Å². The van der Waals surface area contributed by atoms with E-state index in [1.807, 2.05) is 0 Å². The van der Waals surface area contributed by atoms with Gasteiger partial charge in [-0.05, 0) is 49.4 Å². The zero-order chi connectivity index (χ0) is 12.6. The van der Waals surface area contributed by atoms with Crippen molar-refractivity contribution in [1.29, 1.82) is 0 Å². The first-order chi connectivity index (χ1) is 7.99. The van der Waals surface area contributed by atoms with Gasteiger partial charge in [0.25, 0.3) is 0 Å². The summed E-state index contributed by atoms with van der Waals surface area (Å²) in [6.45, 7) is 8.54. The van der Waals surface area contributed by atoms with Gasteiger partial charge in [0.15, 0.2) is 0 Å². The monoisotopic (exact) mass is 236 g/mol. The van der Waals surface area contributed by atoms with Crippen molar-refractivity contribution in [2.45, 2.75) is 46.0 Å². The normalized spacial score (nSPS) is 42.1. The summed E-state index contributed by atoms with van der Waals surface area (Å²) < 4.78 is 0. The third-order valence-corrected chi connectivity index (χ3v) is 5.30. The quantitative estimate of drug-likeness (QED) is 0.748. The molecule has 2 fully saturated rings. The lowest BCUT2D eigenvalue weighted by atomic mass is 9.59. The summed E-state index contributed by atoms with van der Waals surface area (Å²) in [5.74, 6) is 1.54. The van der Waals surface area contributed by atoms with Gasteiger partial charge in [0.1, 0.15) is 5.78 Å². The van der Waals surface area contributed by atoms with Crippen LogP contribution in [0.3, 0.4) is 0 Å². The minimum atomic E-state index is 0.166. The largest absolute Gasteiger partial charge is 0.396 e. The van der Waals surface area contributed by atoms with Crippen LogP contribution < -0.4 is 0 Å². The minimum absolute atomic E-state index is 0.166. The van der Waals surface area contributed by atoms with Gasteiger partial charge in [-0.2, -0.15) is 0 Å². The molecule has 4 atom stereocenters. The first kappa shape index (κ1) is 12.8. The Morgan fingerprint density at radius 1 is 1.53 bits per heavy atom. The second-order valence-corrected chi connectivity index (χ2v) is 6.25. The third kappa shape index (κ3) is 2.08. The van der Waals surface area contributed by atoms with Crippen molar-refractivity contribution in [3.8, 4) is 0 Å². The van der Waals surface area contributed by atoms with Gasteiger partial charge in [-0.3, -0.25) is 4.79 Å². The number of aliphatic hydroxyl groups excluding tert-OH is 1. The molecule has 0 saturated heterocycles. The lowest BCUT2D eigenvalue weighted by molar-refractivity contribution is -0.130. The number of ketones is 1. The van der Waals surface area contributed by atoms with E-state index in [9.17, 15) is 9.90 Å². The molecule has 0 aliphatic heterocycles. The number of carbonyl (C=O) groups is 1. The summed E-state index contributed by atoms with van der Waals surface area (Å²) in [7, 11) is 0. The van der Waals surface area contributed by atoms with Crippen molar-refractivity contribution in [2.24, 2.45) is 23.2 Å². The van der Waals surface area contributed by atoms with Gasteiger partial charge in [-0.1, -0.05) is 19.1 Å². The molecule has 2 aliphatic carbocycles. The van der Waals surface area contributed by atoms with Gasteiger partial charge in [0, 0.05) is 19.4 Å². The third-order valence-electron chi connectivity index (χ3n) is 5.30. The zero-order valence-corrected chi connectivity index (χ0v) is 11.0. The topological polar surface area (TPSA) is 37.3 Å². The van der Waals surface area contributed by atoms with E-state index >= 15 is 0 Å². The molecule has 0 heterocycles. The van der Waals surface area contributed by atoms with E-state index in [0.29, 0.717) is 30.5 Å². The SMILES string of the molecule is C=C(C)C1CCC2(C1)C(C)CC(=O)CC2CO. The summed E-state index contributed by atoms with van der Waals surface area (Å²) >= 11 is 0. The van der Waals surface area contributed by atoms with Crippen LogP contribution in [0, 0.1) is 23.2 Å². The Morgan fingerprint density at radius 3 is 2.76 bits per heavy atom. The second kappa shape index (κ2) is 4.56. The number of hydrogen-bond acceptors (Lipinski definition) is 2. The van der Waals surface area contributed by atoms with Crippen LogP contribution in [0.25, 0.3) is 0 Å². The molecule has 0 aromatic rings. The van der Waals surface area contributed by atoms with Gasteiger partial charge in [-0.15, -0.1) is 0 Å². The fourth-order valence-corrected chi connectivity index (χ4v) is 4.10. The minimum Gasteiger partial charge on any atom is -0.396 e. The molecule has 2 saturated carbocycles. The maximum absolute atomic E-state index is 11.7. The molecule has 0 bridgehead atoms. The summed E-state index contributed by atoms with van der Waals surface area (Å²) in [5, 5.41) is 9.60. The van der Waals surface area contributed by atoms with Crippen LogP contribution >= 0.6 is 0 Å². The molecule has 2 rings (SSSR count). The fourth-order valence-electron chi connectivity index (χ4n) is 4.10. The molecule has 2 heteroatoms. The highest BCUT2D eigenvalue weighted by molar-refractivity contribution is 5.80. The Labute approximate surface area is 104 Å². The summed E-state index contributed by atoms with van der Waals surface area (Å²) in [5.41, 5.74) is 1.47. The summed E-state index contributed by atoms with van der Waals surface area (Å²) in [6.07, 6.45) is 4.76. The van der Waals surface area contributed by atoms with Crippen molar-refractivity contribution in [3.05, 3.63) is 12.2 Å². The van der Waals surface area contributed by atoms with Crippen molar-refractivity contribution < 1.29 is 9.90 Å². The molecular weight excluding hydrogens is 212 g/mol. The van der Waals surface area contributed by atoms with Crippen LogP contribution in [0.1, 0.15) is 46.0 Å². The second-order valence-electron chi connectivity index (χ2n) is 6.25. The molecule has 0 radical (unpaired) electrons. The number of aliphatic hydroxyl groups is 1. The highest BCUT2D eigenvalue weighted by Gasteiger charge is 2.51. The number of carbonyl (C=O) groups excluding carboxylic acids is 1. The molecule has 96 valence electrons. The first-order valence-electron chi connectivity index (χ1n) is 6.77. The number of Topliss-reactive ketones (excluding diaryl/α,β-unsaturated/α-hetero) is 1. The standard InChI is InChI=1S/C15H24O2/c1-10(2)12-4-5-15(8-12)11(3)6-14(17)7-13(15)9-16/h11-13,16H,1,4-9H2,2-3H3. The van der Waals surface area contributed by atoms with E-state index in [1.165, 1.54) is 12.0 Å². The van der Waals surface area contributed by atoms with E-state index < -0.39 is 0 Å². The lowest BCUT2D eigenvalue weighted by Gasteiger charge is -2.45. The van der Waals surface area contributed by atoms with E-state index in [4.69, 9.17) is 0 Å². The van der Waals surface area contributed by atoms with Crippen molar-refractivity contribution in [3.63, 3.8) is 0 Å². The maximum Gasteiger partial charge on any atom is 0.133 e. The summed E-state index contributed by atoms with van der Waals surface area (Å²) in [4.78, 5) is 11.7. The Morgan fingerprint density at radius 2 is 2.24 bits per heavy atom. The number of rotatable bonds is 2. The molecule has 0 amide bonds. The molecule has 0 aromatic heterocycles. The van der Waals surface area contributed by atoms with Crippen molar-refractivity contribution in [2.75, 3.05) is 6.61 Å². The van der Waals surface area contributed by atoms with Gasteiger partial charge >= 0.3 is 0 Å². The predicted octanol–water partition coefficient (Wildman–Crippen LogP) is 2.96. The fraction of sp³-hybridized carbons (Fsp3) is 0.800. The Balaban J connectivity index is 2.22. The van der Waals surface area contributed by atoms with E-state index in [1.54, 1.807) is 0 Å². The van der Waals surface area contributed by atoms with Crippen LogP contribution in [0.4, 0.5) is 0 Å². The Kier molecular flexibility index (Phi) is 3.44. The molecule has 2 nitrogen and oxygen atoms in total. The van der Waals surface area contributed by atoms with Gasteiger partial charge in [0.2, 0.25) is 0 Å². The number of hydrogen-bond donors (Lipinski definition) is 1. The summed E-state index contributed by atoms with van der Waals surface area (Å²) in [6, 6.07) is 0. The molecule has 2 aliphatic rings. The van der Waals surface area contributed by atoms with Crippen molar-refractivity contribution in [1.82, 2.24) is 0 Å². The van der Waals surface area contributed by atoms with Gasteiger partial charge in [0.05, 0.1) is 0 Å². The molecule has 1 spiro atoms. The first-order valence-corrected chi connectivity index (χ1v) is 6.77. The molecule has 17 heavy (non-hydrogen) atoms. The zero-order valence-electron chi connectivity index (χ0n) is 11.0. The Hall–Kier alpha value is -0.630. The van der Waals surface area contributed by atoms with E-state index in [0.717, 1.165) is 12.8 Å². The smallest absolute Gasteiger partial charge is 0.133 e. The Bertz CT molecular complexity index is 334. The molecular formula is C15H24O2. The molecule has 0 aromatic carbocycles. The highest BCUT2D eigenvalue weighted by atomic mass is 16.3. The maximum atomic E-state index is 11.7. The van der Waals surface area contributed by atoms with Gasteiger partial charge in [-0.25, -0.2) is 0 Å². The molecule has 1 N–H and O–H groups in total. The van der Waals surface area contributed by atoms with Crippen molar-refractivity contribution >= 4 is 5.78 Å². The van der Waals surface area contributed by atoms with E-state index in [-0.39, 0.29) is 17.9 Å². The average molecular weight is 236 g/mol. The highest BCUT2D eigenvalue weighted by Crippen LogP contribution is 2.57. The van der Waals surface area contributed by atoms with Crippen LogP contribution in [0.15, 0.2) is 12.2 Å². The lowest BCUT2D eigenvalue weighted by Crippen LogP contribution is -2.43. The van der Waals surface area contributed by atoms with E-state index in [2.05, 4.69) is 20.4 Å². The van der Waals surface area contributed by atoms with Gasteiger partial charge < -0.3 is 5.11 Å². The molecule has 4 unspecified atom stereocenters. The van der Waals surface area contributed by atoms with Crippen LogP contribution in [0.2, 0.25) is 0 Å².